The van der Waals surface area contributed by atoms with Gasteiger partial charge in [-0.3, -0.25) is 0 Å². The summed E-state index contributed by atoms with van der Waals surface area (Å²) < 4.78 is 12.5. The Kier molecular flexibility index (Phi) is 4.07. The minimum Gasteiger partial charge on any atom is -0.497 e. The molecule has 0 atom stereocenters. The number of ether oxygens (including phenoxy) is 2. The van der Waals surface area contributed by atoms with E-state index in [-0.39, 0.29) is 0 Å². The van der Waals surface area contributed by atoms with E-state index in [2.05, 4.69) is 26.1 Å². The molecule has 5 aromatic rings. The molecule has 0 saturated carbocycles. The predicted octanol–water partition coefficient (Wildman–Crippen LogP) is 3.83. The van der Waals surface area contributed by atoms with E-state index in [1.165, 1.54) is 6.33 Å². The number of H-pyrrole nitrogens is 1. The van der Waals surface area contributed by atoms with Crippen molar-refractivity contribution >= 4 is 16.7 Å². The molecule has 8 heteroatoms. The summed E-state index contributed by atoms with van der Waals surface area (Å²) >= 11 is 0. The molecular formula is C22H16N6O2. The summed E-state index contributed by atoms with van der Waals surface area (Å²) in [7, 11) is 3.17. The van der Waals surface area contributed by atoms with Gasteiger partial charge in [-0.2, -0.15) is 19.9 Å². The number of nitrogens with one attached hydrogen (secondary N) is 1. The van der Waals surface area contributed by atoms with E-state index < -0.39 is 0 Å². The van der Waals surface area contributed by atoms with Crippen molar-refractivity contribution in [3.8, 4) is 40.1 Å². The Labute approximate surface area is 171 Å². The number of hydrogen-bond donors (Lipinski definition) is 1. The number of para-hydroxylation sites is 1. The van der Waals surface area contributed by atoms with Gasteiger partial charge in [0, 0.05) is 28.2 Å². The lowest BCUT2D eigenvalue weighted by Crippen LogP contribution is -2.05. The second-order valence-electron chi connectivity index (χ2n) is 6.58. The number of aromatic nitrogens is 5. The molecule has 0 aliphatic rings. The highest BCUT2D eigenvalue weighted by Crippen LogP contribution is 2.39. The Hall–Kier alpha value is -4.38. The number of benzene rings is 2. The first-order valence-corrected chi connectivity index (χ1v) is 9.18. The monoisotopic (exact) mass is 396 g/mol. The summed E-state index contributed by atoms with van der Waals surface area (Å²) in [5.74, 6) is 1.60. The molecule has 1 N–H and O–H groups in total. The molecule has 0 amide bonds. The van der Waals surface area contributed by atoms with Crippen molar-refractivity contribution in [2.24, 2.45) is 0 Å². The maximum atomic E-state index is 10.2. The van der Waals surface area contributed by atoms with Crippen molar-refractivity contribution in [3.63, 3.8) is 0 Å². The maximum Gasteiger partial charge on any atom is 0.253 e. The fourth-order valence-electron chi connectivity index (χ4n) is 3.66. The number of fused-ring (bicyclic) bond motifs is 2. The average Bonchev–Trinajstić information content (AvgIpc) is 3.44. The lowest BCUT2D eigenvalue weighted by Gasteiger charge is -2.14. The fourth-order valence-corrected chi connectivity index (χ4v) is 3.66. The van der Waals surface area contributed by atoms with Crippen molar-refractivity contribution < 1.29 is 9.47 Å². The molecule has 0 bridgehead atoms. The molecule has 0 aliphatic carbocycles. The number of methoxy groups -OCH3 is 2. The van der Waals surface area contributed by atoms with Crippen molar-refractivity contribution in [2.75, 3.05) is 14.2 Å². The quantitative estimate of drug-likeness (QED) is 0.495. The maximum absolute atomic E-state index is 10.2. The molecule has 0 fully saturated rings. The summed E-state index contributed by atoms with van der Waals surface area (Å²) in [6, 6.07) is 15.6. The number of rotatable bonds is 4. The van der Waals surface area contributed by atoms with Gasteiger partial charge in [-0.25, -0.2) is 4.98 Å². The SMILES string of the molecule is COc1ccc(OC)c(-c2c(C#N)c(-c3c[nH]c4ccccc34)nc3ncnn23)c1. The average molecular weight is 396 g/mol. The Morgan fingerprint density at radius 2 is 1.93 bits per heavy atom. The largest absolute Gasteiger partial charge is 0.497 e. The van der Waals surface area contributed by atoms with Crippen LogP contribution in [-0.4, -0.2) is 38.8 Å². The van der Waals surface area contributed by atoms with E-state index >= 15 is 0 Å². The van der Waals surface area contributed by atoms with E-state index in [4.69, 9.17) is 9.47 Å². The molecular weight excluding hydrogens is 380 g/mol. The van der Waals surface area contributed by atoms with Crippen LogP contribution < -0.4 is 9.47 Å². The first-order chi connectivity index (χ1) is 14.7. The van der Waals surface area contributed by atoms with Crippen LogP contribution in [0.4, 0.5) is 0 Å². The molecule has 2 aromatic carbocycles. The van der Waals surface area contributed by atoms with Crippen LogP contribution in [-0.2, 0) is 0 Å². The molecule has 3 aromatic heterocycles. The Balaban J connectivity index is 1.91. The Morgan fingerprint density at radius 3 is 2.73 bits per heavy atom. The van der Waals surface area contributed by atoms with Gasteiger partial charge in [0.15, 0.2) is 0 Å². The third-order valence-electron chi connectivity index (χ3n) is 5.04. The van der Waals surface area contributed by atoms with Crippen LogP contribution in [0.5, 0.6) is 11.5 Å². The van der Waals surface area contributed by atoms with Crippen LogP contribution in [0, 0.1) is 11.3 Å². The van der Waals surface area contributed by atoms with E-state index in [1.54, 1.807) is 30.9 Å². The topological polar surface area (TPSA) is 101 Å². The Bertz CT molecular complexity index is 1440. The number of nitrogens with zero attached hydrogens (tertiary/aromatic N) is 5. The lowest BCUT2D eigenvalue weighted by molar-refractivity contribution is 0.404. The standard InChI is InChI=1S/C22H16N6O2/c1-29-13-7-8-19(30-2)15(9-13)21-16(10-23)20(27-22-25-12-26-28(21)22)17-11-24-18-6-4-3-5-14(17)18/h3-9,11-12,24H,1-2H3. The molecule has 5 rings (SSSR count). The van der Waals surface area contributed by atoms with Gasteiger partial charge in [-0.05, 0) is 24.3 Å². The van der Waals surface area contributed by atoms with Gasteiger partial charge in [0.2, 0.25) is 0 Å². The van der Waals surface area contributed by atoms with Gasteiger partial charge < -0.3 is 14.5 Å². The molecule has 0 saturated heterocycles. The second-order valence-corrected chi connectivity index (χ2v) is 6.58. The summed E-state index contributed by atoms with van der Waals surface area (Å²) in [4.78, 5) is 12.2. The number of nitriles is 1. The molecule has 30 heavy (non-hydrogen) atoms. The van der Waals surface area contributed by atoms with E-state index in [1.807, 2.05) is 36.5 Å². The zero-order chi connectivity index (χ0) is 20.7. The summed E-state index contributed by atoms with van der Waals surface area (Å²) in [6.07, 6.45) is 3.27. The Morgan fingerprint density at radius 1 is 1.07 bits per heavy atom. The van der Waals surface area contributed by atoms with Crippen molar-refractivity contribution in [2.45, 2.75) is 0 Å². The van der Waals surface area contributed by atoms with Crippen LogP contribution in [0.15, 0.2) is 55.0 Å². The van der Waals surface area contributed by atoms with Gasteiger partial charge in [0.25, 0.3) is 5.78 Å². The van der Waals surface area contributed by atoms with Crippen molar-refractivity contribution in [1.29, 1.82) is 5.26 Å². The lowest BCUT2D eigenvalue weighted by atomic mass is 9.99. The highest BCUT2D eigenvalue weighted by Gasteiger charge is 2.23. The number of aromatic amines is 1. The molecule has 0 unspecified atom stereocenters. The van der Waals surface area contributed by atoms with E-state index in [9.17, 15) is 5.26 Å². The molecule has 0 radical (unpaired) electrons. The molecule has 0 spiro atoms. The highest BCUT2D eigenvalue weighted by molar-refractivity contribution is 5.97. The van der Waals surface area contributed by atoms with Crippen LogP contribution in [0.1, 0.15) is 5.56 Å². The van der Waals surface area contributed by atoms with Gasteiger partial charge in [-0.1, -0.05) is 18.2 Å². The van der Waals surface area contributed by atoms with Gasteiger partial charge in [0.05, 0.1) is 25.6 Å². The normalized spacial score (nSPS) is 11.0. The van der Waals surface area contributed by atoms with Crippen molar-refractivity contribution in [1.82, 2.24) is 24.6 Å². The summed E-state index contributed by atoms with van der Waals surface area (Å²) in [5.41, 5.74) is 3.86. The van der Waals surface area contributed by atoms with Crippen LogP contribution >= 0.6 is 0 Å². The predicted molar refractivity (Wildman–Crippen MR) is 111 cm³/mol. The van der Waals surface area contributed by atoms with Crippen LogP contribution in [0.2, 0.25) is 0 Å². The summed E-state index contributed by atoms with van der Waals surface area (Å²) in [5, 5.41) is 15.5. The van der Waals surface area contributed by atoms with Crippen molar-refractivity contribution in [3.05, 3.63) is 60.6 Å². The molecule has 8 nitrogen and oxygen atoms in total. The minimum absolute atomic E-state index is 0.365. The van der Waals surface area contributed by atoms with Crippen LogP contribution in [0.25, 0.3) is 39.2 Å². The minimum atomic E-state index is 0.365. The third-order valence-corrected chi connectivity index (χ3v) is 5.04. The molecule has 146 valence electrons. The van der Waals surface area contributed by atoms with Gasteiger partial charge in [-0.15, -0.1) is 0 Å². The van der Waals surface area contributed by atoms with E-state index in [0.717, 1.165) is 16.5 Å². The fraction of sp³-hybridized carbons (Fsp3) is 0.0909. The number of hydrogen-bond acceptors (Lipinski definition) is 6. The summed E-state index contributed by atoms with van der Waals surface area (Å²) in [6.45, 7) is 0. The zero-order valence-corrected chi connectivity index (χ0v) is 16.2. The first kappa shape index (κ1) is 17.7. The third kappa shape index (κ3) is 2.57. The second kappa shape index (κ2) is 6.90. The smallest absolute Gasteiger partial charge is 0.253 e. The zero-order valence-electron chi connectivity index (χ0n) is 16.2. The molecule has 3 heterocycles. The van der Waals surface area contributed by atoms with Gasteiger partial charge in [0.1, 0.15) is 29.5 Å². The first-order valence-electron chi connectivity index (χ1n) is 9.18. The van der Waals surface area contributed by atoms with E-state index in [0.29, 0.717) is 39.8 Å². The molecule has 0 aliphatic heterocycles. The van der Waals surface area contributed by atoms with Gasteiger partial charge >= 0.3 is 0 Å². The highest BCUT2D eigenvalue weighted by atomic mass is 16.5. The van der Waals surface area contributed by atoms with Crippen LogP contribution in [0.3, 0.4) is 0 Å².